The van der Waals surface area contributed by atoms with Gasteiger partial charge in [-0.05, 0) is 32.0 Å². The molecule has 0 aliphatic carbocycles. The van der Waals surface area contributed by atoms with Crippen molar-refractivity contribution in [3.8, 4) is 11.8 Å². The maximum absolute atomic E-state index is 11.5. The third-order valence-electron chi connectivity index (χ3n) is 2.13. The van der Waals surface area contributed by atoms with Gasteiger partial charge in [0.25, 0.3) is 0 Å². The van der Waals surface area contributed by atoms with E-state index < -0.39 is 0 Å². The number of ether oxygens (including phenoxy) is 1. The van der Waals surface area contributed by atoms with Gasteiger partial charge in [-0.25, -0.2) is 0 Å². The Balaban J connectivity index is 2.74. The fraction of sp³-hybridized carbons (Fsp3) is 0.357. The van der Waals surface area contributed by atoms with E-state index in [0.717, 1.165) is 4.90 Å². The zero-order chi connectivity index (χ0) is 14.3. The lowest BCUT2D eigenvalue weighted by molar-refractivity contribution is -0.142. The number of hydrogen-bond donors (Lipinski definition) is 0. The minimum Gasteiger partial charge on any atom is -0.466 e. The highest BCUT2D eigenvalue weighted by Crippen LogP contribution is 2.31. The van der Waals surface area contributed by atoms with Crippen LogP contribution in [0.15, 0.2) is 23.1 Å². The van der Waals surface area contributed by atoms with Crippen LogP contribution in [0.3, 0.4) is 0 Å². The maximum Gasteiger partial charge on any atom is 0.307 e. The highest BCUT2D eigenvalue weighted by atomic mass is 35.5. The number of esters is 1. The molecule has 0 spiro atoms. The van der Waals surface area contributed by atoms with Crippen LogP contribution < -0.4 is 0 Å². The summed E-state index contributed by atoms with van der Waals surface area (Å²) >= 11 is 13.3. The van der Waals surface area contributed by atoms with E-state index in [1.807, 2.05) is 6.07 Å². The predicted molar refractivity (Wildman–Crippen MR) is 80.8 cm³/mol. The largest absolute Gasteiger partial charge is 0.466 e. The Morgan fingerprint density at radius 2 is 2.16 bits per heavy atom. The number of carbonyl (C=O) groups excluding carboxylic acids is 1. The Hall–Kier alpha value is -0.820. The van der Waals surface area contributed by atoms with Gasteiger partial charge < -0.3 is 4.74 Å². The van der Waals surface area contributed by atoms with Gasteiger partial charge in [0.1, 0.15) is 0 Å². The average Bonchev–Trinajstić information content (AvgIpc) is 2.34. The lowest BCUT2D eigenvalue weighted by Gasteiger charge is -2.10. The molecule has 0 fully saturated rings. The minimum atomic E-state index is -0.247. The second-order valence-corrected chi connectivity index (χ2v) is 5.68. The van der Waals surface area contributed by atoms with E-state index in [-0.39, 0.29) is 17.6 Å². The summed E-state index contributed by atoms with van der Waals surface area (Å²) < 4.78 is 4.93. The van der Waals surface area contributed by atoms with Gasteiger partial charge in [0.05, 0.1) is 28.3 Å². The van der Waals surface area contributed by atoms with Crippen molar-refractivity contribution in [2.24, 2.45) is 0 Å². The first-order chi connectivity index (χ1) is 9.06. The number of rotatable bonds is 5. The highest BCUT2D eigenvalue weighted by Gasteiger charge is 2.14. The third kappa shape index (κ3) is 5.78. The SMILES string of the molecule is CC#CC(CC(=O)OCC)Sc1ccc(Cl)c(Cl)c1. The quantitative estimate of drug-likeness (QED) is 0.456. The first-order valence-electron chi connectivity index (χ1n) is 5.76. The summed E-state index contributed by atoms with van der Waals surface area (Å²) in [7, 11) is 0. The number of hydrogen-bond acceptors (Lipinski definition) is 3. The van der Waals surface area contributed by atoms with Crippen LogP contribution in [0.2, 0.25) is 10.0 Å². The second-order valence-electron chi connectivity index (χ2n) is 3.59. The molecule has 2 nitrogen and oxygen atoms in total. The van der Waals surface area contributed by atoms with Crippen molar-refractivity contribution >= 4 is 40.9 Å². The van der Waals surface area contributed by atoms with E-state index in [4.69, 9.17) is 27.9 Å². The zero-order valence-electron chi connectivity index (χ0n) is 10.7. The monoisotopic (exact) mass is 316 g/mol. The number of benzene rings is 1. The lowest BCUT2D eigenvalue weighted by atomic mass is 10.3. The first kappa shape index (κ1) is 16.2. The molecule has 0 N–H and O–H groups in total. The van der Waals surface area contributed by atoms with E-state index in [1.165, 1.54) is 11.8 Å². The van der Waals surface area contributed by atoms with E-state index in [2.05, 4.69) is 11.8 Å². The van der Waals surface area contributed by atoms with Crippen LogP contribution in [0.25, 0.3) is 0 Å². The third-order valence-corrected chi connectivity index (χ3v) is 3.97. The van der Waals surface area contributed by atoms with E-state index in [9.17, 15) is 4.79 Å². The number of thioether (sulfide) groups is 1. The summed E-state index contributed by atoms with van der Waals surface area (Å²) in [5.74, 6) is 5.57. The van der Waals surface area contributed by atoms with Crippen LogP contribution in [-0.2, 0) is 9.53 Å². The Bertz CT molecular complexity index is 506. The number of carbonyl (C=O) groups is 1. The topological polar surface area (TPSA) is 26.3 Å². The lowest BCUT2D eigenvalue weighted by Crippen LogP contribution is -2.12. The molecule has 1 aromatic rings. The van der Waals surface area contributed by atoms with Crippen molar-refractivity contribution in [2.45, 2.75) is 30.4 Å². The molecule has 0 saturated carbocycles. The summed E-state index contributed by atoms with van der Waals surface area (Å²) in [6.07, 6.45) is 0.250. The normalized spacial score (nSPS) is 11.4. The Morgan fingerprint density at radius 3 is 2.74 bits per heavy atom. The van der Waals surface area contributed by atoms with Crippen molar-refractivity contribution in [1.29, 1.82) is 0 Å². The van der Waals surface area contributed by atoms with Crippen LogP contribution in [-0.4, -0.2) is 17.8 Å². The van der Waals surface area contributed by atoms with Gasteiger partial charge in [0.2, 0.25) is 0 Å². The van der Waals surface area contributed by atoms with Gasteiger partial charge in [-0.2, -0.15) is 0 Å². The van der Waals surface area contributed by atoms with Crippen molar-refractivity contribution in [3.05, 3.63) is 28.2 Å². The molecular weight excluding hydrogens is 303 g/mol. The Labute approximate surface area is 127 Å². The van der Waals surface area contributed by atoms with Crippen molar-refractivity contribution in [3.63, 3.8) is 0 Å². The summed E-state index contributed by atoms with van der Waals surface area (Å²) in [6.45, 7) is 3.90. The van der Waals surface area contributed by atoms with E-state index >= 15 is 0 Å². The Morgan fingerprint density at radius 1 is 1.42 bits per heavy atom. The summed E-state index contributed by atoms with van der Waals surface area (Å²) in [4.78, 5) is 12.4. The van der Waals surface area contributed by atoms with Crippen molar-refractivity contribution in [1.82, 2.24) is 0 Å². The van der Waals surface area contributed by atoms with Gasteiger partial charge in [-0.15, -0.1) is 17.7 Å². The molecule has 0 amide bonds. The first-order valence-corrected chi connectivity index (χ1v) is 7.40. The fourth-order valence-electron chi connectivity index (χ4n) is 1.37. The molecule has 0 aromatic heterocycles. The molecule has 1 atom stereocenters. The second kappa shape index (κ2) is 8.37. The van der Waals surface area contributed by atoms with Crippen LogP contribution in [0.4, 0.5) is 0 Å². The van der Waals surface area contributed by atoms with Crippen LogP contribution in [0, 0.1) is 11.8 Å². The predicted octanol–water partition coefficient (Wildman–Crippen LogP) is 4.43. The molecule has 1 rings (SSSR count). The standard InChI is InChI=1S/C14H14Cl2O2S/c1-3-5-10(9-14(17)18-4-2)19-11-6-7-12(15)13(16)8-11/h6-8,10H,4,9H2,1-2H3. The molecule has 0 saturated heterocycles. The molecular formula is C14H14Cl2O2S. The maximum atomic E-state index is 11.5. The molecule has 1 aromatic carbocycles. The zero-order valence-corrected chi connectivity index (χ0v) is 13.0. The van der Waals surface area contributed by atoms with E-state index in [0.29, 0.717) is 16.7 Å². The molecule has 0 bridgehead atoms. The van der Waals surface area contributed by atoms with Crippen LogP contribution >= 0.6 is 35.0 Å². The molecule has 5 heteroatoms. The average molecular weight is 317 g/mol. The van der Waals surface area contributed by atoms with Crippen molar-refractivity contribution < 1.29 is 9.53 Å². The van der Waals surface area contributed by atoms with Gasteiger partial charge in [0.15, 0.2) is 0 Å². The molecule has 0 heterocycles. The van der Waals surface area contributed by atoms with Gasteiger partial charge in [0, 0.05) is 4.90 Å². The molecule has 1 unspecified atom stereocenters. The minimum absolute atomic E-state index is 0.152. The molecule has 19 heavy (non-hydrogen) atoms. The van der Waals surface area contributed by atoms with Gasteiger partial charge in [-0.1, -0.05) is 29.1 Å². The summed E-state index contributed by atoms with van der Waals surface area (Å²) in [6, 6.07) is 5.35. The Kier molecular flexibility index (Phi) is 7.15. The van der Waals surface area contributed by atoms with Crippen LogP contribution in [0.1, 0.15) is 20.3 Å². The van der Waals surface area contributed by atoms with Crippen LogP contribution in [0.5, 0.6) is 0 Å². The summed E-state index contributed by atoms with van der Waals surface area (Å²) in [5.41, 5.74) is 0. The fourth-order valence-corrected chi connectivity index (χ4v) is 2.79. The summed E-state index contributed by atoms with van der Waals surface area (Å²) in [5, 5.41) is 0.849. The smallest absolute Gasteiger partial charge is 0.307 e. The van der Waals surface area contributed by atoms with Crippen molar-refractivity contribution in [2.75, 3.05) is 6.61 Å². The molecule has 0 aliphatic heterocycles. The molecule has 0 radical (unpaired) electrons. The molecule has 0 aliphatic rings. The van der Waals surface area contributed by atoms with Gasteiger partial charge >= 0.3 is 5.97 Å². The molecule has 102 valence electrons. The number of halogens is 2. The highest BCUT2D eigenvalue weighted by molar-refractivity contribution is 8.00. The van der Waals surface area contributed by atoms with E-state index in [1.54, 1.807) is 26.0 Å². The van der Waals surface area contributed by atoms with Gasteiger partial charge in [-0.3, -0.25) is 4.79 Å².